The summed E-state index contributed by atoms with van der Waals surface area (Å²) in [7, 11) is 0. The minimum atomic E-state index is -1.52. The lowest BCUT2D eigenvalue weighted by molar-refractivity contribution is -0.148. The van der Waals surface area contributed by atoms with Gasteiger partial charge < -0.3 is 9.84 Å². The molecule has 0 aliphatic heterocycles. The number of aliphatic carboxylic acids is 1. The van der Waals surface area contributed by atoms with E-state index in [2.05, 4.69) is 0 Å². The van der Waals surface area contributed by atoms with Crippen LogP contribution in [0.1, 0.15) is 13.3 Å². The summed E-state index contributed by atoms with van der Waals surface area (Å²) in [4.78, 5) is 34.3. The molecule has 0 unspecified atom stereocenters. The van der Waals surface area contributed by atoms with Gasteiger partial charge in [-0.1, -0.05) is 36.0 Å². The quantitative estimate of drug-likeness (QED) is 0.359. The maximum Gasteiger partial charge on any atom is 0.372 e. The van der Waals surface area contributed by atoms with Gasteiger partial charge in [0, 0.05) is 11.3 Å². The van der Waals surface area contributed by atoms with E-state index < -0.39 is 17.7 Å². The molecule has 5 nitrogen and oxygen atoms in total. The molecule has 0 radical (unpaired) electrons. The Labute approximate surface area is 120 Å². The van der Waals surface area contributed by atoms with Crippen LogP contribution < -0.4 is 0 Å². The third kappa shape index (κ3) is 5.27. The standard InChI is InChI=1S/C14H14O5S/c1-2-19-14(18)12(9-8-11(15)13(16)17)20-10-6-4-3-5-7-10/h3-7,9H,2,8H2,1H3,(H,16,17). The molecule has 1 aromatic rings. The summed E-state index contributed by atoms with van der Waals surface area (Å²) in [5.41, 5.74) is 0. The number of esters is 1. The number of carboxylic acid groups (broad SMARTS) is 1. The molecule has 1 rings (SSSR count). The second-order valence-corrected chi connectivity index (χ2v) is 4.75. The first-order valence-electron chi connectivity index (χ1n) is 5.91. The van der Waals surface area contributed by atoms with Crippen molar-refractivity contribution in [3.63, 3.8) is 0 Å². The number of ether oxygens (including phenoxy) is 1. The number of rotatable bonds is 7. The molecule has 6 heteroatoms. The summed E-state index contributed by atoms with van der Waals surface area (Å²) in [6.45, 7) is 1.88. The number of carbonyl (C=O) groups excluding carboxylic acids is 2. The van der Waals surface area contributed by atoms with Crippen LogP contribution in [0.3, 0.4) is 0 Å². The van der Waals surface area contributed by atoms with Crippen LogP contribution in [0.15, 0.2) is 46.2 Å². The van der Waals surface area contributed by atoms with Gasteiger partial charge in [-0.15, -0.1) is 0 Å². The Kier molecular flexibility index (Phi) is 6.52. The zero-order valence-electron chi connectivity index (χ0n) is 10.9. The maximum absolute atomic E-state index is 11.8. The Hall–Kier alpha value is -2.08. The fraction of sp³-hybridized carbons (Fsp3) is 0.214. The van der Waals surface area contributed by atoms with Crippen molar-refractivity contribution in [2.24, 2.45) is 0 Å². The summed E-state index contributed by atoms with van der Waals surface area (Å²) >= 11 is 1.13. The first kappa shape index (κ1) is 16.0. The van der Waals surface area contributed by atoms with Crippen molar-refractivity contribution in [1.29, 1.82) is 0 Å². The topological polar surface area (TPSA) is 80.7 Å². The van der Waals surface area contributed by atoms with Gasteiger partial charge in [-0.25, -0.2) is 9.59 Å². The number of carbonyl (C=O) groups is 3. The lowest BCUT2D eigenvalue weighted by Crippen LogP contribution is -2.12. The largest absolute Gasteiger partial charge is 0.475 e. The summed E-state index contributed by atoms with van der Waals surface area (Å²) in [5, 5.41) is 8.52. The van der Waals surface area contributed by atoms with Crippen molar-refractivity contribution in [2.75, 3.05) is 6.61 Å². The van der Waals surface area contributed by atoms with E-state index in [1.54, 1.807) is 19.1 Å². The molecule has 0 amide bonds. The summed E-state index contributed by atoms with van der Waals surface area (Å²) in [6.07, 6.45) is 0.940. The lowest BCUT2D eigenvalue weighted by Gasteiger charge is -2.06. The van der Waals surface area contributed by atoms with Crippen LogP contribution in [0.4, 0.5) is 0 Å². The molecular formula is C14H14O5S. The molecule has 0 atom stereocenters. The lowest BCUT2D eigenvalue weighted by atomic mass is 10.2. The Morgan fingerprint density at radius 1 is 1.25 bits per heavy atom. The number of hydrogen-bond donors (Lipinski definition) is 1. The molecule has 0 aliphatic rings. The fourth-order valence-electron chi connectivity index (χ4n) is 1.26. The molecular weight excluding hydrogens is 280 g/mol. The Morgan fingerprint density at radius 3 is 2.45 bits per heavy atom. The van der Waals surface area contributed by atoms with Crippen LogP contribution in [0.5, 0.6) is 0 Å². The smallest absolute Gasteiger partial charge is 0.372 e. The van der Waals surface area contributed by atoms with E-state index in [4.69, 9.17) is 9.84 Å². The SMILES string of the molecule is CCOC(=O)C(=CCC(=O)C(=O)O)Sc1ccccc1. The van der Waals surface area contributed by atoms with E-state index in [1.807, 2.05) is 18.2 Å². The number of thioether (sulfide) groups is 1. The Bertz CT molecular complexity index is 522. The summed E-state index contributed by atoms with van der Waals surface area (Å²) in [5.74, 6) is -3.06. The third-order valence-corrected chi connectivity index (χ3v) is 3.22. The van der Waals surface area contributed by atoms with Gasteiger partial charge in [0.15, 0.2) is 0 Å². The van der Waals surface area contributed by atoms with Crippen molar-refractivity contribution in [2.45, 2.75) is 18.2 Å². The minimum absolute atomic E-state index is 0.202. The zero-order chi connectivity index (χ0) is 15.0. The average molecular weight is 294 g/mol. The van der Waals surface area contributed by atoms with Gasteiger partial charge in [0.1, 0.15) is 0 Å². The first-order valence-corrected chi connectivity index (χ1v) is 6.72. The normalized spacial score (nSPS) is 10.9. The highest BCUT2D eigenvalue weighted by molar-refractivity contribution is 8.04. The predicted molar refractivity (Wildman–Crippen MR) is 74.3 cm³/mol. The zero-order valence-corrected chi connectivity index (χ0v) is 11.7. The molecule has 20 heavy (non-hydrogen) atoms. The van der Waals surface area contributed by atoms with Crippen molar-refractivity contribution >= 4 is 29.5 Å². The molecule has 1 aromatic carbocycles. The number of allylic oxidation sites excluding steroid dienone is 1. The van der Waals surface area contributed by atoms with Gasteiger partial charge in [-0.2, -0.15) is 0 Å². The fourth-order valence-corrected chi connectivity index (χ4v) is 2.11. The minimum Gasteiger partial charge on any atom is -0.475 e. The molecule has 106 valence electrons. The molecule has 0 spiro atoms. The van der Waals surface area contributed by atoms with Crippen LogP contribution in [-0.2, 0) is 19.1 Å². The van der Waals surface area contributed by atoms with Crippen LogP contribution in [0, 0.1) is 0 Å². The third-order valence-electron chi connectivity index (χ3n) is 2.16. The van der Waals surface area contributed by atoms with E-state index in [0.717, 1.165) is 16.7 Å². The van der Waals surface area contributed by atoms with Crippen molar-refractivity contribution in [3.8, 4) is 0 Å². The van der Waals surface area contributed by atoms with Gasteiger partial charge >= 0.3 is 11.9 Å². The van der Waals surface area contributed by atoms with E-state index in [9.17, 15) is 14.4 Å². The highest BCUT2D eigenvalue weighted by Gasteiger charge is 2.15. The molecule has 1 N–H and O–H groups in total. The number of Topliss-reactive ketones (excluding diaryl/α,β-unsaturated/α-hetero) is 1. The van der Waals surface area contributed by atoms with Crippen LogP contribution in [0.2, 0.25) is 0 Å². The number of benzene rings is 1. The number of carboxylic acids is 1. The Balaban J connectivity index is 2.85. The van der Waals surface area contributed by atoms with Crippen molar-refractivity contribution in [1.82, 2.24) is 0 Å². The molecule has 0 bridgehead atoms. The van der Waals surface area contributed by atoms with Gasteiger partial charge in [0.05, 0.1) is 11.5 Å². The highest BCUT2D eigenvalue weighted by Crippen LogP contribution is 2.27. The van der Waals surface area contributed by atoms with Crippen LogP contribution in [-0.4, -0.2) is 29.4 Å². The van der Waals surface area contributed by atoms with Crippen LogP contribution in [0.25, 0.3) is 0 Å². The molecule has 0 heterocycles. The molecule has 0 aromatic heterocycles. The van der Waals surface area contributed by atoms with Crippen molar-refractivity contribution < 1.29 is 24.2 Å². The van der Waals surface area contributed by atoms with Gasteiger partial charge in [-0.3, -0.25) is 4.79 Å². The van der Waals surface area contributed by atoms with Crippen molar-refractivity contribution in [3.05, 3.63) is 41.3 Å². The van der Waals surface area contributed by atoms with Crippen LogP contribution >= 0.6 is 11.8 Å². The average Bonchev–Trinajstić information content (AvgIpc) is 2.44. The molecule has 0 saturated heterocycles. The maximum atomic E-state index is 11.8. The molecule has 0 fully saturated rings. The van der Waals surface area contributed by atoms with E-state index in [-0.39, 0.29) is 17.9 Å². The van der Waals surface area contributed by atoms with Gasteiger partial charge in [0.25, 0.3) is 0 Å². The molecule has 0 aliphatic carbocycles. The second-order valence-electron chi connectivity index (χ2n) is 3.64. The predicted octanol–water partition coefficient (Wildman–Crippen LogP) is 2.27. The summed E-state index contributed by atoms with van der Waals surface area (Å²) < 4.78 is 4.88. The summed E-state index contributed by atoms with van der Waals surface area (Å²) in [6, 6.07) is 9.07. The Morgan fingerprint density at radius 2 is 1.90 bits per heavy atom. The van der Waals surface area contributed by atoms with Gasteiger partial charge in [0.2, 0.25) is 5.78 Å². The number of ketones is 1. The second kappa shape index (κ2) is 8.16. The van der Waals surface area contributed by atoms with Gasteiger partial charge in [-0.05, 0) is 19.1 Å². The monoisotopic (exact) mass is 294 g/mol. The van der Waals surface area contributed by atoms with E-state index in [0.29, 0.717) is 0 Å². The highest BCUT2D eigenvalue weighted by atomic mass is 32.2. The van der Waals surface area contributed by atoms with E-state index in [1.165, 1.54) is 6.08 Å². The van der Waals surface area contributed by atoms with E-state index >= 15 is 0 Å². The number of hydrogen-bond acceptors (Lipinski definition) is 5. The first-order chi connectivity index (χ1) is 9.54. The molecule has 0 saturated carbocycles.